The van der Waals surface area contributed by atoms with E-state index < -0.39 is 11.8 Å². The summed E-state index contributed by atoms with van der Waals surface area (Å²) in [5.74, 6) is 0.730. The second kappa shape index (κ2) is 8.45. The minimum absolute atomic E-state index is 0.0416. The summed E-state index contributed by atoms with van der Waals surface area (Å²) >= 11 is 5.25. The first-order chi connectivity index (χ1) is 15.0. The molecule has 0 radical (unpaired) electrons. The van der Waals surface area contributed by atoms with Gasteiger partial charge in [0.1, 0.15) is 28.6 Å². The van der Waals surface area contributed by atoms with Gasteiger partial charge in [-0.05, 0) is 42.6 Å². The Hall–Kier alpha value is -3.91. The third-order valence-corrected chi connectivity index (χ3v) is 4.99. The molecule has 0 atom stereocenters. The van der Waals surface area contributed by atoms with Crippen molar-refractivity contribution in [3.8, 4) is 22.8 Å². The molecule has 2 heterocycles. The number of carbonyl (C=O) groups is 2. The molecule has 1 aromatic heterocycles. The summed E-state index contributed by atoms with van der Waals surface area (Å²) in [7, 11) is 3.00. The molecule has 0 aliphatic carbocycles. The van der Waals surface area contributed by atoms with Crippen LogP contribution in [0.2, 0.25) is 0 Å². The first-order valence-corrected chi connectivity index (χ1v) is 9.71. The first-order valence-electron chi connectivity index (χ1n) is 9.30. The smallest absolute Gasteiger partial charge is 0.270 e. The molecule has 0 spiro atoms. The normalized spacial score (nSPS) is 15.2. The fraction of sp³-hybridized carbons (Fsp3) is 0.0870. The highest BCUT2D eigenvalue weighted by molar-refractivity contribution is 7.80. The average Bonchev–Trinajstić information content (AvgIpc) is 3.26. The molecule has 7 nitrogen and oxygen atoms in total. The Morgan fingerprint density at radius 2 is 1.77 bits per heavy atom. The van der Waals surface area contributed by atoms with E-state index in [0.29, 0.717) is 28.7 Å². The highest BCUT2D eigenvalue weighted by Crippen LogP contribution is 2.34. The number of nitrogens with one attached hydrogen (secondary N) is 1. The van der Waals surface area contributed by atoms with E-state index in [4.69, 9.17) is 26.1 Å². The lowest BCUT2D eigenvalue weighted by molar-refractivity contribution is -0.122. The van der Waals surface area contributed by atoms with Gasteiger partial charge in [-0.2, -0.15) is 0 Å². The number of amides is 2. The van der Waals surface area contributed by atoms with Crippen molar-refractivity contribution in [1.82, 2.24) is 5.32 Å². The van der Waals surface area contributed by atoms with E-state index in [9.17, 15) is 9.59 Å². The summed E-state index contributed by atoms with van der Waals surface area (Å²) in [6.45, 7) is 0. The van der Waals surface area contributed by atoms with Crippen LogP contribution in [0.1, 0.15) is 5.76 Å². The van der Waals surface area contributed by atoms with E-state index in [1.807, 2.05) is 30.3 Å². The molecule has 1 N–H and O–H groups in total. The predicted octanol–water partition coefficient (Wildman–Crippen LogP) is 3.80. The Morgan fingerprint density at radius 3 is 2.48 bits per heavy atom. The van der Waals surface area contributed by atoms with E-state index in [1.54, 1.807) is 30.3 Å². The molecule has 8 heteroatoms. The fourth-order valence-corrected chi connectivity index (χ4v) is 3.45. The second-order valence-corrected chi connectivity index (χ2v) is 6.95. The van der Waals surface area contributed by atoms with Crippen LogP contribution in [0.3, 0.4) is 0 Å². The van der Waals surface area contributed by atoms with Gasteiger partial charge >= 0.3 is 0 Å². The Kier molecular flexibility index (Phi) is 5.55. The Labute approximate surface area is 183 Å². The summed E-state index contributed by atoms with van der Waals surface area (Å²) in [4.78, 5) is 27.0. The van der Waals surface area contributed by atoms with Crippen molar-refractivity contribution in [1.29, 1.82) is 0 Å². The molecule has 1 saturated heterocycles. The Balaban J connectivity index is 1.70. The van der Waals surface area contributed by atoms with Crippen LogP contribution in [0.15, 0.2) is 70.7 Å². The van der Waals surface area contributed by atoms with Gasteiger partial charge in [0.2, 0.25) is 0 Å². The lowest BCUT2D eigenvalue weighted by Crippen LogP contribution is -2.54. The van der Waals surface area contributed by atoms with E-state index in [2.05, 4.69) is 5.32 Å². The molecule has 3 aromatic rings. The number of hydrogen-bond donors (Lipinski definition) is 1. The minimum atomic E-state index is -0.601. The third kappa shape index (κ3) is 3.93. The van der Waals surface area contributed by atoms with Crippen LogP contribution in [-0.2, 0) is 9.59 Å². The number of methoxy groups -OCH3 is 2. The van der Waals surface area contributed by atoms with Crippen LogP contribution in [0.5, 0.6) is 11.5 Å². The molecule has 1 aliphatic rings. The van der Waals surface area contributed by atoms with Crippen molar-refractivity contribution in [2.75, 3.05) is 19.1 Å². The van der Waals surface area contributed by atoms with Gasteiger partial charge in [-0.1, -0.05) is 30.3 Å². The maximum Gasteiger partial charge on any atom is 0.270 e. The number of anilines is 1. The molecular formula is C23H18N2O5S. The summed E-state index contributed by atoms with van der Waals surface area (Å²) in [5.41, 5.74) is 1.16. The van der Waals surface area contributed by atoms with Crippen molar-refractivity contribution in [2.45, 2.75) is 0 Å². The topological polar surface area (TPSA) is 81.0 Å². The number of thiocarbonyl (C=S) groups is 1. The highest BCUT2D eigenvalue weighted by Gasteiger charge is 2.36. The van der Waals surface area contributed by atoms with E-state index in [1.165, 1.54) is 25.2 Å². The Morgan fingerprint density at radius 1 is 1.00 bits per heavy atom. The molecule has 1 fully saturated rings. The van der Waals surface area contributed by atoms with Crippen LogP contribution < -0.4 is 19.7 Å². The van der Waals surface area contributed by atoms with Crippen LogP contribution in [0, 0.1) is 0 Å². The van der Waals surface area contributed by atoms with Gasteiger partial charge in [-0.25, -0.2) is 4.90 Å². The molecule has 0 unspecified atom stereocenters. The van der Waals surface area contributed by atoms with Crippen molar-refractivity contribution < 1.29 is 23.5 Å². The number of ether oxygens (including phenoxy) is 2. The first kappa shape index (κ1) is 20.4. The number of furan rings is 1. The molecule has 2 amide bonds. The molecule has 2 aromatic carbocycles. The van der Waals surface area contributed by atoms with Gasteiger partial charge in [0.05, 0.1) is 19.9 Å². The summed E-state index contributed by atoms with van der Waals surface area (Å²) in [6.07, 6.45) is 1.40. The number of nitrogens with zero attached hydrogens (tertiary/aromatic N) is 1. The lowest BCUT2D eigenvalue weighted by atomic mass is 10.1. The van der Waals surface area contributed by atoms with E-state index >= 15 is 0 Å². The van der Waals surface area contributed by atoms with Crippen LogP contribution in [-0.4, -0.2) is 31.1 Å². The van der Waals surface area contributed by atoms with Crippen molar-refractivity contribution >= 4 is 40.9 Å². The van der Waals surface area contributed by atoms with E-state index in [0.717, 1.165) is 5.56 Å². The van der Waals surface area contributed by atoms with E-state index in [-0.39, 0.29) is 10.7 Å². The predicted molar refractivity (Wildman–Crippen MR) is 120 cm³/mol. The van der Waals surface area contributed by atoms with Crippen molar-refractivity contribution in [3.63, 3.8) is 0 Å². The van der Waals surface area contributed by atoms with Crippen LogP contribution in [0.4, 0.5) is 5.69 Å². The maximum absolute atomic E-state index is 13.2. The number of carbonyl (C=O) groups excluding carboxylic acids is 2. The molecule has 0 saturated carbocycles. The lowest BCUT2D eigenvalue weighted by Gasteiger charge is -2.29. The average molecular weight is 434 g/mol. The summed E-state index contributed by atoms with van der Waals surface area (Å²) in [6, 6.07) is 17.9. The van der Waals surface area contributed by atoms with Crippen LogP contribution >= 0.6 is 12.2 Å². The zero-order valence-electron chi connectivity index (χ0n) is 16.7. The van der Waals surface area contributed by atoms with Crippen LogP contribution in [0.25, 0.3) is 17.4 Å². The highest BCUT2D eigenvalue weighted by atomic mass is 32.1. The van der Waals surface area contributed by atoms with Crippen molar-refractivity contribution in [2.24, 2.45) is 0 Å². The number of benzene rings is 2. The third-order valence-electron chi connectivity index (χ3n) is 4.70. The molecule has 4 rings (SSSR count). The van der Waals surface area contributed by atoms with Gasteiger partial charge in [-0.15, -0.1) is 0 Å². The standard InChI is InChI=1S/C23H18N2O5S/c1-28-15-8-10-18(20(13-15)29-2)25-22(27)17(21(26)24-23(25)31)12-16-9-11-19(30-16)14-6-4-3-5-7-14/h3-13H,1-2H3,(H,24,26,31)/b17-12-. The molecular weight excluding hydrogens is 416 g/mol. The molecule has 156 valence electrons. The number of hydrogen-bond acceptors (Lipinski definition) is 6. The fourth-order valence-electron chi connectivity index (χ4n) is 3.18. The zero-order chi connectivity index (χ0) is 22.0. The molecule has 1 aliphatic heterocycles. The molecule has 31 heavy (non-hydrogen) atoms. The minimum Gasteiger partial charge on any atom is -0.497 e. The largest absolute Gasteiger partial charge is 0.497 e. The zero-order valence-corrected chi connectivity index (χ0v) is 17.6. The number of rotatable bonds is 5. The van der Waals surface area contributed by atoms with Crippen molar-refractivity contribution in [3.05, 3.63) is 72.0 Å². The van der Waals surface area contributed by atoms with Gasteiger partial charge in [-0.3, -0.25) is 14.9 Å². The van der Waals surface area contributed by atoms with Gasteiger partial charge in [0.25, 0.3) is 11.8 Å². The van der Waals surface area contributed by atoms with Gasteiger partial charge in [0.15, 0.2) is 5.11 Å². The van der Waals surface area contributed by atoms with Gasteiger partial charge < -0.3 is 13.9 Å². The van der Waals surface area contributed by atoms with Gasteiger partial charge in [0, 0.05) is 11.6 Å². The quantitative estimate of drug-likeness (QED) is 0.374. The monoisotopic (exact) mass is 434 g/mol. The Bertz CT molecular complexity index is 1200. The maximum atomic E-state index is 13.2. The summed E-state index contributed by atoms with van der Waals surface area (Å²) < 4.78 is 16.4. The SMILES string of the molecule is COc1ccc(N2C(=O)/C(=C\c3ccc(-c4ccccc4)o3)C(=O)NC2=S)c(OC)c1. The summed E-state index contributed by atoms with van der Waals surface area (Å²) in [5, 5.41) is 2.51. The second-order valence-electron chi connectivity index (χ2n) is 6.56. The molecule has 0 bridgehead atoms.